The Kier molecular flexibility index (Phi) is 6.55. The molecule has 0 aliphatic rings. The van der Waals surface area contributed by atoms with Crippen LogP contribution >= 0.6 is 7.80 Å². The van der Waals surface area contributed by atoms with Gasteiger partial charge in [-0.3, -0.25) is 0 Å². The van der Waals surface area contributed by atoms with E-state index < -0.39 is 13.8 Å². The molecule has 6 heteroatoms. The summed E-state index contributed by atoms with van der Waals surface area (Å²) in [6, 6.07) is 19.1. The standard InChI is InChI=1S/C12H10OP.C2H2N2O2/c13-14(11-7-3-1-4-8-11)12-9-5-2-6-10-12;3-4-1-2(5)6/h1-10H;1H,(H,5,6)/q+1;. The number of rotatable bonds is 3. The molecule has 0 amide bonds. The minimum absolute atomic E-state index is 0.389. The van der Waals surface area contributed by atoms with Gasteiger partial charge in [0.25, 0.3) is 0 Å². The summed E-state index contributed by atoms with van der Waals surface area (Å²) in [4.78, 5) is 11.5. The second-order valence-electron chi connectivity index (χ2n) is 3.55. The third-order valence-corrected chi connectivity index (χ3v) is 3.68. The summed E-state index contributed by atoms with van der Waals surface area (Å²) in [5.41, 5.74) is 7.43. The number of hydrogen-bond acceptors (Lipinski definition) is 2. The van der Waals surface area contributed by atoms with Crippen molar-refractivity contribution in [2.75, 3.05) is 0 Å². The Balaban J connectivity index is 0.000000286. The first kappa shape index (κ1) is 15.4. The average Bonchev–Trinajstić information content (AvgIpc) is 2.49. The maximum absolute atomic E-state index is 12.0. The largest absolute Gasteiger partial charge is 0.473 e. The molecule has 0 aliphatic carbocycles. The van der Waals surface area contributed by atoms with E-state index in [2.05, 4.69) is 4.79 Å². The minimum atomic E-state index is -1.42. The number of aliphatic carboxylic acids is 1. The van der Waals surface area contributed by atoms with Crippen LogP contribution in [0.3, 0.4) is 0 Å². The molecule has 0 saturated heterocycles. The van der Waals surface area contributed by atoms with Crippen molar-refractivity contribution in [1.29, 1.82) is 0 Å². The van der Waals surface area contributed by atoms with E-state index in [0.29, 0.717) is 6.21 Å². The molecule has 0 fully saturated rings. The number of carboxylic acid groups (broad SMARTS) is 1. The molecule has 0 radical (unpaired) electrons. The van der Waals surface area contributed by atoms with Crippen molar-refractivity contribution in [3.63, 3.8) is 0 Å². The maximum Gasteiger partial charge on any atom is 0.415 e. The second kappa shape index (κ2) is 8.48. The van der Waals surface area contributed by atoms with Crippen LogP contribution < -0.4 is 10.6 Å². The molecule has 100 valence electrons. The molecular weight excluding hydrogens is 275 g/mol. The van der Waals surface area contributed by atoms with Gasteiger partial charge in [0.2, 0.25) is 0 Å². The van der Waals surface area contributed by atoms with Crippen molar-refractivity contribution in [3.8, 4) is 0 Å². The number of carboxylic acids is 1. The summed E-state index contributed by atoms with van der Waals surface area (Å²) in [5, 5.41) is 9.37. The molecule has 0 atom stereocenters. The molecule has 0 unspecified atom stereocenters. The van der Waals surface area contributed by atoms with Crippen LogP contribution in [0, 0.1) is 0 Å². The fourth-order valence-electron chi connectivity index (χ4n) is 1.33. The molecule has 1 N–H and O–H groups in total. The highest BCUT2D eigenvalue weighted by molar-refractivity contribution is 7.61. The summed E-state index contributed by atoms with van der Waals surface area (Å²) in [6.07, 6.45) is 0.389. The maximum atomic E-state index is 12.0. The quantitative estimate of drug-likeness (QED) is 0.404. The zero-order valence-corrected chi connectivity index (χ0v) is 11.4. The molecule has 0 aliphatic heterocycles. The summed E-state index contributed by atoms with van der Waals surface area (Å²) in [5.74, 6) is -1.25. The Labute approximate surface area is 116 Å². The van der Waals surface area contributed by atoms with Crippen LogP contribution in [0.1, 0.15) is 0 Å². The Morgan fingerprint density at radius 1 is 1.00 bits per heavy atom. The first-order valence-corrected chi connectivity index (χ1v) is 6.89. The van der Waals surface area contributed by atoms with Crippen molar-refractivity contribution in [2.24, 2.45) is 0 Å². The van der Waals surface area contributed by atoms with Crippen LogP contribution in [0.2, 0.25) is 0 Å². The van der Waals surface area contributed by atoms with Gasteiger partial charge in [-0.2, -0.15) is 4.79 Å². The number of nitrogens with zero attached hydrogens (tertiary/aromatic N) is 2. The van der Waals surface area contributed by atoms with E-state index in [1.54, 1.807) is 0 Å². The van der Waals surface area contributed by atoms with Gasteiger partial charge in [0.1, 0.15) is 0 Å². The summed E-state index contributed by atoms with van der Waals surface area (Å²) < 4.78 is 12.0. The summed E-state index contributed by atoms with van der Waals surface area (Å²) in [6.45, 7) is 0. The van der Waals surface area contributed by atoms with Crippen LogP contribution in [-0.4, -0.2) is 22.1 Å². The molecule has 0 bridgehead atoms. The molecular formula is C14H12N2O3P+. The summed E-state index contributed by atoms with van der Waals surface area (Å²) in [7, 11) is -1.42. The normalized spacial score (nSPS) is 8.60. The van der Waals surface area contributed by atoms with E-state index in [-0.39, 0.29) is 0 Å². The SMILES string of the molecule is O=[P+](c1ccccc1)c1ccccc1.[N-]=[N+]=CC(=O)O. The van der Waals surface area contributed by atoms with E-state index in [1.165, 1.54) is 0 Å². The van der Waals surface area contributed by atoms with Crippen molar-refractivity contribution in [3.05, 3.63) is 66.2 Å². The molecule has 2 rings (SSSR count). The first-order chi connectivity index (χ1) is 9.65. The van der Waals surface area contributed by atoms with Crippen LogP contribution in [0.5, 0.6) is 0 Å². The smallest absolute Gasteiger partial charge is 0.415 e. The van der Waals surface area contributed by atoms with Crippen molar-refractivity contribution >= 4 is 30.6 Å². The highest BCUT2D eigenvalue weighted by atomic mass is 31.1. The van der Waals surface area contributed by atoms with E-state index in [9.17, 15) is 9.36 Å². The van der Waals surface area contributed by atoms with Gasteiger partial charge < -0.3 is 10.6 Å². The monoisotopic (exact) mass is 287 g/mol. The predicted molar refractivity (Wildman–Crippen MR) is 77.1 cm³/mol. The van der Waals surface area contributed by atoms with Gasteiger partial charge >= 0.3 is 20.0 Å². The predicted octanol–water partition coefficient (Wildman–Crippen LogP) is 1.84. The number of hydrogen-bond donors (Lipinski definition) is 1. The Morgan fingerprint density at radius 3 is 1.65 bits per heavy atom. The number of carbonyl (C=O) groups is 1. The van der Waals surface area contributed by atoms with E-state index >= 15 is 0 Å². The lowest BCUT2D eigenvalue weighted by Crippen LogP contribution is -2.04. The first-order valence-electron chi connectivity index (χ1n) is 5.63. The minimum Gasteiger partial charge on any atom is -0.473 e. The van der Waals surface area contributed by atoms with Crippen LogP contribution in [0.4, 0.5) is 0 Å². The molecule has 0 saturated carbocycles. The lowest BCUT2D eigenvalue weighted by molar-refractivity contribution is -0.132. The van der Waals surface area contributed by atoms with Gasteiger partial charge in [-0.05, 0) is 24.3 Å². The molecule has 2 aromatic rings. The van der Waals surface area contributed by atoms with Gasteiger partial charge in [-0.25, -0.2) is 4.79 Å². The van der Waals surface area contributed by atoms with E-state index in [0.717, 1.165) is 10.6 Å². The van der Waals surface area contributed by atoms with Crippen molar-refractivity contribution in [1.82, 2.24) is 0 Å². The van der Waals surface area contributed by atoms with E-state index in [4.69, 9.17) is 10.6 Å². The molecule has 2 aromatic carbocycles. The van der Waals surface area contributed by atoms with Crippen LogP contribution in [0.25, 0.3) is 5.53 Å². The fourth-order valence-corrected chi connectivity index (χ4v) is 2.51. The average molecular weight is 287 g/mol. The van der Waals surface area contributed by atoms with Crippen LogP contribution in [0.15, 0.2) is 60.7 Å². The van der Waals surface area contributed by atoms with Gasteiger partial charge in [-0.15, -0.1) is 0 Å². The Bertz CT molecular complexity index is 582. The molecule has 0 aromatic heterocycles. The third kappa shape index (κ3) is 5.36. The molecule has 5 nitrogen and oxygen atoms in total. The second-order valence-corrected chi connectivity index (χ2v) is 5.17. The van der Waals surface area contributed by atoms with Gasteiger partial charge in [0, 0.05) is 0 Å². The third-order valence-electron chi connectivity index (χ3n) is 2.15. The van der Waals surface area contributed by atoms with Crippen molar-refractivity contribution < 1.29 is 19.3 Å². The lowest BCUT2D eigenvalue weighted by atomic mass is 10.4. The molecule has 0 heterocycles. The number of benzene rings is 2. The Morgan fingerprint density at radius 2 is 1.40 bits per heavy atom. The Hall–Kier alpha value is -2.61. The lowest BCUT2D eigenvalue weighted by Gasteiger charge is -1.87. The zero-order chi connectivity index (χ0) is 14.8. The topological polar surface area (TPSA) is 90.8 Å². The zero-order valence-electron chi connectivity index (χ0n) is 10.5. The summed E-state index contributed by atoms with van der Waals surface area (Å²) >= 11 is 0. The molecule has 0 spiro atoms. The van der Waals surface area contributed by atoms with Crippen LogP contribution in [-0.2, 0) is 9.36 Å². The highest BCUT2D eigenvalue weighted by Gasteiger charge is 2.21. The highest BCUT2D eigenvalue weighted by Crippen LogP contribution is 2.18. The van der Waals surface area contributed by atoms with Gasteiger partial charge in [-0.1, -0.05) is 41.0 Å². The van der Waals surface area contributed by atoms with Gasteiger partial charge in [0.05, 0.1) is 0 Å². The molecule has 20 heavy (non-hydrogen) atoms. The van der Waals surface area contributed by atoms with Gasteiger partial charge in [0.15, 0.2) is 10.6 Å². The van der Waals surface area contributed by atoms with Crippen molar-refractivity contribution in [2.45, 2.75) is 0 Å². The fraction of sp³-hybridized carbons (Fsp3) is 0. The van der Waals surface area contributed by atoms with E-state index in [1.807, 2.05) is 60.7 Å².